The van der Waals surface area contributed by atoms with Crippen LogP contribution in [0.1, 0.15) is 40.5 Å². The molecule has 0 aliphatic heterocycles. The van der Waals surface area contributed by atoms with E-state index in [-0.39, 0.29) is 11.2 Å². The molecule has 0 bridgehead atoms. The second-order valence-corrected chi connectivity index (χ2v) is 5.39. The third-order valence-corrected chi connectivity index (χ3v) is 3.04. The minimum Gasteiger partial charge on any atom is -0.393 e. The zero-order valence-electron chi connectivity index (χ0n) is 9.87. The normalized spacial score (nSPS) is 38.0. The maximum Gasteiger partial charge on any atom is 0.152 e. The lowest BCUT2D eigenvalue weighted by Crippen LogP contribution is -2.45. The number of hydrogen-bond acceptors (Lipinski definition) is 3. The van der Waals surface area contributed by atoms with E-state index in [1.807, 2.05) is 13.8 Å². The second-order valence-electron chi connectivity index (χ2n) is 5.39. The predicted molar refractivity (Wildman–Crippen MR) is 58.4 cm³/mol. The van der Waals surface area contributed by atoms with Crippen molar-refractivity contribution < 1.29 is 15.0 Å². The van der Waals surface area contributed by atoms with E-state index in [2.05, 4.69) is 0 Å². The molecule has 1 saturated carbocycles. The van der Waals surface area contributed by atoms with Gasteiger partial charge >= 0.3 is 0 Å². The van der Waals surface area contributed by atoms with Crippen LogP contribution in [-0.4, -0.2) is 27.7 Å². The molecular weight excluding hydrogens is 192 g/mol. The number of aliphatic hydroxyl groups is 2. The molecule has 1 aliphatic carbocycles. The smallest absolute Gasteiger partial charge is 0.152 e. The van der Waals surface area contributed by atoms with Crippen LogP contribution in [0.25, 0.3) is 0 Å². The molecule has 0 heterocycles. The highest BCUT2D eigenvalue weighted by Crippen LogP contribution is 2.45. The molecule has 3 heteroatoms. The average molecular weight is 212 g/mol. The Kier molecular flexibility index (Phi) is 3.08. The van der Waals surface area contributed by atoms with Crippen molar-refractivity contribution in [1.29, 1.82) is 0 Å². The first-order valence-electron chi connectivity index (χ1n) is 5.29. The van der Waals surface area contributed by atoms with Gasteiger partial charge in [0.15, 0.2) is 5.78 Å². The molecule has 1 rings (SSSR count). The molecule has 0 aromatic rings. The van der Waals surface area contributed by atoms with Crippen LogP contribution < -0.4 is 0 Å². The van der Waals surface area contributed by atoms with E-state index in [1.165, 1.54) is 13.0 Å². The minimum absolute atomic E-state index is 0.0604. The molecular formula is C12H20O3. The zero-order valence-corrected chi connectivity index (χ0v) is 9.87. The van der Waals surface area contributed by atoms with Gasteiger partial charge in [-0.05, 0) is 37.3 Å². The van der Waals surface area contributed by atoms with E-state index >= 15 is 0 Å². The van der Waals surface area contributed by atoms with Crippen molar-refractivity contribution in [1.82, 2.24) is 0 Å². The lowest BCUT2D eigenvalue weighted by molar-refractivity contribution is -0.113. The quantitative estimate of drug-likeness (QED) is 0.646. The third kappa shape index (κ3) is 2.67. The van der Waals surface area contributed by atoms with Gasteiger partial charge in [0.2, 0.25) is 0 Å². The second kappa shape index (κ2) is 3.72. The Bertz CT molecular complexity index is 280. The van der Waals surface area contributed by atoms with Crippen molar-refractivity contribution in [3.8, 4) is 0 Å². The van der Waals surface area contributed by atoms with E-state index in [0.29, 0.717) is 12.8 Å². The average Bonchev–Trinajstić information content (AvgIpc) is 1.94. The first kappa shape index (κ1) is 12.4. The van der Waals surface area contributed by atoms with Crippen molar-refractivity contribution in [3.05, 3.63) is 11.6 Å². The summed E-state index contributed by atoms with van der Waals surface area (Å²) in [5, 5.41) is 19.9. The van der Waals surface area contributed by atoms with Gasteiger partial charge in [0.1, 0.15) is 0 Å². The monoisotopic (exact) mass is 212 g/mol. The maximum absolute atomic E-state index is 11.1. The van der Waals surface area contributed by atoms with Gasteiger partial charge in [0, 0.05) is 6.42 Å². The van der Waals surface area contributed by atoms with Crippen molar-refractivity contribution in [2.75, 3.05) is 0 Å². The Labute approximate surface area is 90.8 Å². The van der Waals surface area contributed by atoms with E-state index in [9.17, 15) is 15.0 Å². The number of rotatable bonds is 1. The fourth-order valence-electron chi connectivity index (χ4n) is 2.62. The van der Waals surface area contributed by atoms with Gasteiger partial charge < -0.3 is 10.2 Å². The van der Waals surface area contributed by atoms with Crippen molar-refractivity contribution in [3.63, 3.8) is 0 Å². The molecule has 0 aromatic carbocycles. The van der Waals surface area contributed by atoms with Crippen molar-refractivity contribution in [2.24, 2.45) is 5.41 Å². The van der Waals surface area contributed by atoms with Gasteiger partial charge in [-0.2, -0.15) is 0 Å². The molecule has 1 fully saturated rings. The summed E-state index contributed by atoms with van der Waals surface area (Å²) in [6.07, 6.45) is 1.89. The molecule has 0 saturated heterocycles. The summed E-state index contributed by atoms with van der Waals surface area (Å²) in [5.41, 5.74) is -0.674. The predicted octanol–water partition coefficient (Wildman–Crippen LogP) is 1.43. The first-order chi connectivity index (χ1) is 6.65. The van der Waals surface area contributed by atoms with Gasteiger partial charge in [-0.25, -0.2) is 0 Å². The van der Waals surface area contributed by atoms with Gasteiger partial charge in [-0.3, -0.25) is 4.79 Å². The molecule has 0 radical (unpaired) electrons. The van der Waals surface area contributed by atoms with E-state index in [0.717, 1.165) is 5.57 Å². The number of ketones is 1. The Morgan fingerprint density at radius 2 is 1.93 bits per heavy atom. The Morgan fingerprint density at radius 3 is 2.33 bits per heavy atom. The van der Waals surface area contributed by atoms with Gasteiger partial charge in [0.25, 0.3) is 0 Å². The highest BCUT2D eigenvalue weighted by atomic mass is 16.3. The lowest BCUT2D eigenvalue weighted by atomic mass is 9.65. The van der Waals surface area contributed by atoms with Crippen LogP contribution >= 0.6 is 0 Å². The fraction of sp³-hybridized carbons (Fsp3) is 0.750. The van der Waals surface area contributed by atoms with Crippen LogP contribution in [0.15, 0.2) is 11.6 Å². The summed E-state index contributed by atoms with van der Waals surface area (Å²) < 4.78 is 0. The summed E-state index contributed by atoms with van der Waals surface area (Å²) in [7, 11) is 0. The summed E-state index contributed by atoms with van der Waals surface area (Å²) in [6, 6.07) is 0. The number of carbonyl (C=O) groups is 1. The first-order valence-corrected chi connectivity index (χ1v) is 5.29. The molecule has 2 N–H and O–H groups in total. The van der Waals surface area contributed by atoms with E-state index < -0.39 is 11.7 Å². The molecule has 3 nitrogen and oxygen atoms in total. The highest BCUT2D eigenvalue weighted by Gasteiger charge is 2.44. The molecule has 2 unspecified atom stereocenters. The van der Waals surface area contributed by atoms with Crippen molar-refractivity contribution in [2.45, 2.75) is 52.2 Å². The van der Waals surface area contributed by atoms with Crippen molar-refractivity contribution >= 4 is 5.78 Å². The summed E-state index contributed by atoms with van der Waals surface area (Å²) in [6.45, 7) is 7.02. The highest BCUT2D eigenvalue weighted by molar-refractivity contribution is 5.88. The van der Waals surface area contributed by atoms with Gasteiger partial charge in [-0.15, -0.1) is 0 Å². The molecule has 0 amide bonds. The van der Waals surface area contributed by atoms with Crippen LogP contribution in [0.2, 0.25) is 0 Å². The van der Waals surface area contributed by atoms with E-state index in [1.54, 1.807) is 6.92 Å². The maximum atomic E-state index is 11.1. The Morgan fingerprint density at radius 1 is 1.40 bits per heavy atom. The summed E-state index contributed by atoms with van der Waals surface area (Å²) in [4.78, 5) is 11.1. The number of allylic oxidation sites excluding steroid dienone is 1. The summed E-state index contributed by atoms with van der Waals surface area (Å²) >= 11 is 0. The number of hydrogen-bond donors (Lipinski definition) is 2. The molecule has 15 heavy (non-hydrogen) atoms. The Balaban J connectivity index is 3.14. The molecule has 86 valence electrons. The third-order valence-electron chi connectivity index (χ3n) is 3.04. The topological polar surface area (TPSA) is 57.5 Å². The van der Waals surface area contributed by atoms with Crippen LogP contribution in [0.5, 0.6) is 0 Å². The fourth-order valence-corrected chi connectivity index (χ4v) is 2.62. The molecule has 0 spiro atoms. The minimum atomic E-state index is -1.08. The molecule has 0 aromatic heterocycles. The van der Waals surface area contributed by atoms with Gasteiger partial charge in [0.05, 0.1) is 11.7 Å². The standard InChI is InChI=1S/C12H20O3/c1-8(13)5-10-11(2,3)6-9(14)7-12(10,4)15/h5,9,14-15H,6-7H2,1-4H3. The van der Waals surface area contributed by atoms with Crippen LogP contribution in [0.3, 0.4) is 0 Å². The summed E-state index contributed by atoms with van der Waals surface area (Å²) in [5.74, 6) is -0.0604. The van der Waals surface area contributed by atoms with Crippen LogP contribution in [-0.2, 0) is 4.79 Å². The Hall–Kier alpha value is -0.670. The van der Waals surface area contributed by atoms with E-state index in [4.69, 9.17) is 0 Å². The number of aliphatic hydroxyl groups excluding tert-OH is 1. The van der Waals surface area contributed by atoms with Crippen LogP contribution in [0, 0.1) is 5.41 Å². The number of carbonyl (C=O) groups excluding carboxylic acids is 1. The largest absolute Gasteiger partial charge is 0.393 e. The van der Waals surface area contributed by atoms with Gasteiger partial charge in [-0.1, -0.05) is 13.8 Å². The molecule has 2 atom stereocenters. The van der Waals surface area contributed by atoms with Crippen LogP contribution in [0.4, 0.5) is 0 Å². The SMILES string of the molecule is CC(=O)C=C1C(C)(C)CC(O)CC1(C)O. The lowest BCUT2D eigenvalue weighted by Gasteiger charge is -2.44. The zero-order chi connectivity index (χ0) is 11.9. The molecule has 1 aliphatic rings.